The lowest BCUT2D eigenvalue weighted by Crippen LogP contribution is -2.30. The molecular formula is C19H24FNO2. The van der Waals surface area contributed by atoms with E-state index in [4.69, 9.17) is 4.74 Å². The molecule has 2 N–H and O–H groups in total. The molecule has 0 bridgehead atoms. The Morgan fingerprint density at radius 3 is 2.35 bits per heavy atom. The molecule has 0 heterocycles. The van der Waals surface area contributed by atoms with E-state index in [2.05, 4.69) is 12.2 Å². The first kappa shape index (κ1) is 17.4. The molecule has 0 radical (unpaired) electrons. The molecular weight excluding hydrogens is 293 g/mol. The molecule has 0 saturated carbocycles. The standard InChI is InChI=1S/C19H24FNO2/c1-14(3-4-15-5-9-17(20)10-6-15)21-13-19(22)16-7-11-18(23-2)12-8-16/h5-12,14,19,21-22H,3-4,13H2,1-2H3. The van der Waals surface area contributed by atoms with Crippen LogP contribution in [-0.4, -0.2) is 24.8 Å². The largest absolute Gasteiger partial charge is 0.497 e. The third-order valence-corrected chi connectivity index (χ3v) is 3.94. The van der Waals surface area contributed by atoms with Gasteiger partial charge < -0.3 is 15.2 Å². The zero-order chi connectivity index (χ0) is 16.7. The summed E-state index contributed by atoms with van der Waals surface area (Å²) in [6.45, 7) is 2.58. The van der Waals surface area contributed by atoms with Gasteiger partial charge in [-0.25, -0.2) is 4.39 Å². The molecule has 0 aliphatic heterocycles. The number of ether oxygens (including phenoxy) is 1. The second kappa shape index (κ2) is 8.65. The van der Waals surface area contributed by atoms with Gasteiger partial charge in [-0.2, -0.15) is 0 Å². The number of halogens is 1. The van der Waals surface area contributed by atoms with Gasteiger partial charge in [-0.15, -0.1) is 0 Å². The van der Waals surface area contributed by atoms with Crippen LogP contribution in [-0.2, 0) is 6.42 Å². The summed E-state index contributed by atoms with van der Waals surface area (Å²) in [5, 5.41) is 13.5. The Balaban J connectivity index is 1.74. The maximum absolute atomic E-state index is 12.9. The highest BCUT2D eigenvalue weighted by Crippen LogP contribution is 2.17. The normalized spacial score (nSPS) is 13.6. The minimum atomic E-state index is -0.547. The van der Waals surface area contributed by atoms with Crippen molar-refractivity contribution in [2.45, 2.75) is 31.9 Å². The van der Waals surface area contributed by atoms with Crippen LogP contribution in [0.4, 0.5) is 4.39 Å². The first-order valence-corrected chi connectivity index (χ1v) is 7.88. The van der Waals surface area contributed by atoms with E-state index in [1.54, 1.807) is 7.11 Å². The second-order valence-electron chi connectivity index (χ2n) is 5.76. The Morgan fingerprint density at radius 2 is 1.74 bits per heavy atom. The highest BCUT2D eigenvalue weighted by molar-refractivity contribution is 5.28. The van der Waals surface area contributed by atoms with E-state index < -0.39 is 6.10 Å². The molecule has 3 nitrogen and oxygen atoms in total. The molecule has 2 rings (SSSR count). The molecule has 0 fully saturated rings. The third kappa shape index (κ3) is 5.66. The molecule has 0 amide bonds. The van der Waals surface area contributed by atoms with Crippen molar-refractivity contribution in [2.75, 3.05) is 13.7 Å². The predicted octanol–water partition coefficient (Wildman–Crippen LogP) is 3.48. The van der Waals surface area contributed by atoms with Gasteiger partial charge in [0.05, 0.1) is 13.2 Å². The van der Waals surface area contributed by atoms with Gasteiger partial charge in [0.15, 0.2) is 0 Å². The Hall–Kier alpha value is -1.91. The SMILES string of the molecule is COc1ccc(C(O)CNC(C)CCc2ccc(F)cc2)cc1. The number of benzene rings is 2. The van der Waals surface area contributed by atoms with Gasteiger partial charge in [-0.1, -0.05) is 24.3 Å². The summed E-state index contributed by atoms with van der Waals surface area (Å²) in [7, 11) is 1.62. The Labute approximate surface area is 137 Å². The molecule has 2 aromatic rings. The average Bonchev–Trinajstić information content (AvgIpc) is 2.59. The Bertz CT molecular complexity index is 583. The summed E-state index contributed by atoms with van der Waals surface area (Å²) in [5.41, 5.74) is 1.99. The summed E-state index contributed by atoms with van der Waals surface area (Å²) in [5.74, 6) is 0.573. The van der Waals surface area contributed by atoms with Crippen LogP contribution in [0, 0.1) is 5.82 Å². The van der Waals surface area contributed by atoms with E-state index in [9.17, 15) is 9.50 Å². The molecule has 4 heteroatoms. The van der Waals surface area contributed by atoms with Crippen molar-refractivity contribution in [3.05, 3.63) is 65.5 Å². The lowest BCUT2D eigenvalue weighted by molar-refractivity contribution is 0.170. The van der Waals surface area contributed by atoms with Crippen molar-refractivity contribution >= 4 is 0 Å². The Kier molecular flexibility index (Phi) is 6.56. The van der Waals surface area contributed by atoms with E-state index in [1.807, 2.05) is 36.4 Å². The summed E-state index contributed by atoms with van der Waals surface area (Å²) in [6.07, 6.45) is 1.27. The minimum Gasteiger partial charge on any atom is -0.497 e. The monoisotopic (exact) mass is 317 g/mol. The number of hydrogen-bond acceptors (Lipinski definition) is 3. The van der Waals surface area contributed by atoms with Gasteiger partial charge in [0.1, 0.15) is 11.6 Å². The maximum atomic E-state index is 12.9. The number of aliphatic hydroxyl groups is 1. The number of hydrogen-bond donors (Lipinski definition) is 2. The summed E-state index contributed by atoms with van der Waals surface area (Å²) in [6, 6.07) is 14.3. The fourth-order valence-corrected chi connectivity index (χ4v) is 2.39. The first-order chi connectivity index (χ1) is 11.1. The van der Waals surface area contributed by atoms with Crippen LogP contribution in [0.1, 0.15) is 30.6 Å². The predicted molar refractivity (Wildman–Crippen MR) is 90.1 cm³/mol. The van der Waals surface area contributed by atoms with Crippen LogP contribution < -0.4 is 10.1 Å². The average molecular weight is 317 g/mol. The van der Waals surface area contributed by atoms with Gasteiger partial charge in [-0.05, 0) is 55.2 Å². The van der Waals surface area contributed by atoms with E-state index in [0.717, 1.165) is 29.7 Å². The van der Waals surface area contributed by atoms with Crippen molar-refractivity contribution in [2.24, 2.45) is 0 Å². The third-order valence-electron chi connectivity index (χ3n) is 3.94. The van der Waals surface area contributed by atoms with E-state index in [-0.39, 0.29) is 11.9 Å². The number of nitrogens with one attached hydrogen (secondary N) is 1. The van der Waals surface area contributed by atoms with Crippen LogP contribution >= 0.6 is 0 Å². The molecule has 2 atom stereocenters. The molecule has 23 heavy (non-hydrogen) atoms. The number of methoxy groups -OCH3 is 1. The van der Waals surface area contributed by atoms with Crippen molar-refractivity contribution in [1.29, 1.82) is 0 Å². The van der Waals surface area contributed by atoms with Crippen LogP contribution in [0.15, 0.2) is 48.5 Å². The molecule has 2 aromatic carbocycles. The number of rotatable bonds is 8. The Morgan fingerprint density at radius 1 is 1.09 bits per heavy atom. The number of aliphatic hydroxyl groups excluding tert-OH is 1. The highest BCUT2D eigenvalue weighted by Gasteiger charge is 2.10. The topological polar surface area (TPSA) is 41.5 Å². The van der Waals surface area contributed by atoms with Gasteiger partial charge >= 0.3 is 0 Å². The molecule has 2 unspecified atom stereocenters. The van der Waals surface area contributed by atoms with E-state index in [1.165, 1.54) is 12.1 Å². The minimum absolute atomic E-state index is 0.206. The van der Waals surface area contributed by atoms with Gasteiger partial charge in [-0.3, -0.25) is 0 Å². The van der Waals surface area contributed by atoms with Crippen LogP contribution in [0.2, 0.25) is 0 Å². The number of aryl methyl sites for hydroxylation is 1. The van der Waals surface area contributed by atoms with Gasteiger partial charge in [0.25, 0.3) is 0 Å². The molecule has 0 spiro atoms. The second-order valence-corrected chi connectivity index (χ2v) is 5.76. The first-order valence-electron chi connectivity index (χ1n) is 7.88. The van der Waals surface area contributed by atoms with Crippen molar-refractivity contribution < 1.29 is 14.2 Å². The van der Waals surface area contributed by atoms with Crippen LogP contribution in [0.3, 0.4) is 0 Å². The zero-order valence-electron chi connectivity index (χ0n) is 13.6. The van der Waals surface area contributed by atoms with Crippen molar-refractivity contribution in [3.8, 4) is 5.75 Å². The molecule has 0 aromatic heterocycles. The molecule has 0 aliphatic carbocycles. The van der Waals surface area contributed by atoms with E-state index in [0.29, 0.717) is 6.54 Å². The summed E-state index contributed by atoms with van der Waals surface area (Å²) in [4.78, 5) is 0. The van der Waals surface area contributed by atoms with Crippen LogP contribution in [0.25, 0.3) is 0 Å². The molecule has 0 saturated heterocycles. The van der Waals surface area contributed by atoms with Gasteiger partial charge in [0, 0.05) is 12.6 Å². The maximum Gasteiger partial charge on any atom is 0.123 e. The van der Waals surface area contributed by atoms with Crippen molar-refractivity contribution in [3.63, 3.8) is 0 Å². The lowest BCUT2D eigenvalue weighted by Gasteiger charge is -2.17. The molecule has 124 valence electrons. The fourth-order valence-electron chi connectivity index (χ4n) is 2.39. The van der Waals surface area contributed by atoms with Gasteiger partial charge in [0.2, 0.25) is 0 Å². The lowest BCUT2D eigenvalue weighted by atomic mass is 10.1. The smallest absolute Gasteiger partial charge is 0.123 e. The van der Waals surface area contributed by atoms with Crippen LogP contribution in [0.5, 0.6) is 5.75 Å². The van der Waals surface area contributed by atoms with E-state index >= 15 is 0 Å². The summed E-state index contributed by atoms with van der Waals surface area (Å²) >= 11 is 0. The summed E-state index contributed by atoms with van der Waals surface area (Å²) < 4.78 is 18.0. The molecule has 0 aliphatic rings. The fraction of sp³-hybridized carbons (Fsp3) is 0.368. The zero-order valence-corrected chi connectivity index (χ0v) is 13.6. The van der Waals surface area contributed by atoms with Crippen molar-refractivity contribution in [1.82, 2.24) is 5.32 Å². The highest BCUT2D eigenvalue weighted by atomic mass is 19.1. The quantitative estimate of drug-likeness (QED) is 0.783.